The summed E-state index contributed by atoms with van der Waals surface area (Å²) in [6.45, 7) is 4.67. The number of hydrogen-bond donors (Lipinski definition) is 1. The third kappa shape index (κ3) is 4.75. The van der Waals surface area contributed by atoms with Crippen molar-refractivity contribution in [3.8, 4) is 5.75 Å². The first kappa shape index (κ1) is 14.5. The highest BCUT2D eigenvalue weighted by Gasteiger charge is 2.20. The van der Waals surface area contributed by atoms with Gasteiger partial charge in [-0.2, -0.15) is 0 Å². The second-order valence-corrected chi connectivity index (χ2v) is 3.98. The minimum absolute atomic E-state index is 0.209. The molecule has 0 aliphatic carbocycles. The van der Waals surface area contributed by atoms with Crippen LogP contribution in [0.25, 0.3) is 0 Å². The minimum Gasteiger partial charge on any atom is -0.508 e. The Labute approximate surface area is 108 Å². The van der Waals surface area contributed by atoms with Crippen molar-refractivity contribution in [3.63, 3.8) is 0 Å². The molecule has 100 valence electrons. The van der Waals surface area contributed by atoms with E-state index in [-0.39, 0.29) is 11.7 Å². The second-order valence-electron chi connectivity index (χ2n) is 3.98. The number of esters is 1. The predicted molar refractivity (Wildman–Crippen MR) is 68.5 cm³/mol. The second kappa shape index (κ2) is 7.71. The van der Waals surface area contributed by atoms with Gasteiger partial charge in [-0.25, -0.2) is 4.79 Å². The summed E-state index contributed by atoms with van der Waals surface area (Å²) in [6, 6.07) is 6.73. The highest BCUT2D eigenvalue weighted by atomic mass is 16.6. The van der Waals surface area contributed by atoms with E-state index >= 15 is 0 Å². The number of carbonyl (C=O) groups is 1. The van der Waals surface area contributed by atoms with Crippen molar-refractivity contribution in [1.82, 2.24) is 0 Å². The predicted octanol–water partition coefficient (Wildman–Crippen LogP) is 2.29. The van der Waals surface area contributed by atoms with Crippen LogP contribution in [0, 0.1) is 0 Å². The van der Waals surface area contributed by atoms with Crippen LogP contribution >= 0.6 is 0 Å². The molecule has 0 bridgehead atoms. The average molecular weight is 252 g/mol. The Morgan fingerprint density at radius 2 is 1.94 bits per heavy atom. The van der Waals surface area contributed by atoms with E-state index < -0.39 is 6.10 Å². The van der Waals surface area contributed by atoms with Gasteiger partial charge in [-0.05, 0) is 31.0 Å². The Hall–Kier alpha value is -1.55. The highest BCUT2D eigenvalue weighted by molar-refractivity contribution is 5.75. The molecule has 1 aromatic carbocycles. The van der Waals surface area contributed by atoms with Crippen molar-refractivity contribution in [2.24, 2.45) is 0 Å². The van der Waals surface area contributed by atoms with E-state index in [4.69, 9.17) is 9.47 Å². The van der Waals surface area contributed by atoms with Gasteiger partial charge in [-0.15, -0.1) is 0 Å². The molecular weight excluding hydrogens is 232 g/mol. The van der Waals surface area contributed by atoms with Crippen LogP contribution < -0.4 is 0 Å². The van der Waals surface area contributed by atoms with Crippen molar-refractivity contribution in [2.75, 3.05) is 13.2 Å². The molecular formula is C14H20O4. The van der Waals surface area contributed by atoms with Gasteiger partial charge in [0, 0.05) is 13.0 Å². The number of phenols is 1. The van der Waals surface area contributed by atoms with E-state index in [1.54, 1.807) is 24.3 Å². The summed E-state index contributed by atoms with van der Waals surface area (Å²) in [5, 5.41) is 9.20. The highest BCUT2D eigenvalue weighted by Crippen LogP contribution is 2.13. The molecule has 0 saturated carbocycles. The topological polar surface area (TPSA) is 55.8 Å². The molecule has 1 rings (SSSR count). The number of hydrogen-bond acceptors (Lipinski definition) is 4. The van der Waals surface area contributed by atoms with E-state index in [1.165, 1.54) is 0 Å². The normalized spacial score (nSPS) is 12.1. The fourth-order valence-electron chi connectivity index (χ4n) is 1.55. The van der Waals surface area contributed by atoms with E-state index in [1.807, 2.05) is 13.8 Å². The van der Waals surface area contributed by atoms with E-state index in [0.29, 0.717) is 19.6 Å². The molecule has 0 radical (unpaired) electrons. The van der Waals surface area contributed by atoms with Gasteiger partial charge in [0.1, 0.15) is 5.75 Å². The fraction of sp³-hybridized carbons (Fsp3) is 0.500. The first-order chi connectivity index (χ1) is 8.67. The van der Waals surface area contributed by atoms with Crippen LogP contribution in [0.15, 0.2) is 24.3 Å². The monoisotopic (exact) mass is 252 g/mol. The molecule has 4 heteroatoms. The summed E-state index contributed by atoms with van der Waals surface area (Å²) in [7, 11) is 0. The van der Waals surface area contributed by atoms with Crippen LogP contribution in [0.4, 0.5) is 0 Å². The van der Waals surface area contributed by atoms with Crippen molar-refractivity contribution in [2.45, 2.75) is 32.8 Å². The van der Waals surface area contributed by atoms with Crippen molar-refractivity contribution < 1.29 is 19.4 Å². The third-order valence-electron chi connectivity index (χ3n) is 2.44. The van der Waals surface area contributed by atoms with Gasteiger partial charge in [-0.3, -0.25) is 0 Å². The number of aromatic hydroxyl groups is 1. The third-order valence-corrected chi connectivity index (χ3v) is 2.44. The van der Waals surface area contributed by atoms with Crippen LogP contribution in [0.2, 0.25) is 0 Å². The minimum atomic E-state index is -0.578. The number of phenolic OH excluding ortho intramolecular Hbond substituents is 1. The summed E-state index contributed by atoms with van der Waals surface area (Å²) < 4.78 is 10.5. The van der Waals surface area contributed by atoms with Gasteiger partial charge >= 0.3 is 5.97 Å². The molecule has 0 fully saturated rings. The molecule has 1 N–H and O–H groups in total. The molecule has 1 atom stereocenters. The zero-order valence-electron chi connectivity index (χ0n) is 10.9. The lowest BCUT2D eigenvalue weighted by Gasteiger charge is -2.15. The maximum atomic E-state index is 11.8. The van der Waals surface area contributed by atoms with Gasteiger partial charge in [0.25, 0.3) is 0 Å². The first-order valence-corrected chi connectivity index (χ1v) is 6.23. The summed E-state index contributed by atoms with van der Waals surface area (Å²) in [4.78, 5) is 11.8. The lowest BCUT2D eigenvalue weighted by molar-refractivity contribution is -0.156. The number of ether oxygens (including phenoxy) is 2. The van der Waals surface area contributed by atoms with Gasteiger partial charge in [-0.1, -0.05) is 19.1 Å². The first-order valence-electron chi connectivity index (χ1n) is 6.23. The van der Waals surface area contributed by atoms with Gasteiger partial charge in [0.2, 0.25) is 0 Å². The number of carbonyl (C=O) groups excluding carboxylic acids is 1. The zero-order valence-corrected chi connectivity index (χ0v) is 10.9. The largest absolute Gasteiger partial charge is 0.508 e. The summed E-state index contributed by atoms with van der Waals surface area (Å²) in [5.74, 6) is -0.118. The van der Waals surface area contributed by atoms with E-state index in [0.717, 1.165) is 12.0 Å². The summed E-state index contributed by atoms with van der Waals surface area (Å²) in [6.07, 6.45) is 0.673. The Morgan fingerprint density at radius 1 is 1.28 bits per heavy atom. The molecule has 0 aliphatic heterocycles. The molecule has 18 heavy (non-hydrogen) atoms. The van der Waals surface area contributed by atoms with Gasteiger partial charge in [0.15, 0.2) is 6.10 Å². The number of benzene rings is 1. The molecule has 0 spiro atoms. The van der Waals surface area contributed by atoms with Crippen LogP contribution in [-0.4, -0.2) is 30.4 Å². The molecule has 0 amide bonds. The Kier molecular flexibility index (Phi) is 6.22. The Bertz CT molecular complexity index is 359. The number of rotatable bonds is 7. The molecule has 0 aromatic heterocycles. The van der Waals surface area contributed by atoms with Gasteiger partial charge < -0.3 is 14.6 Å². The SMILES string of the molecule is CCCOC(=O)[C@H](Cc1ccc(O)cc1)OCC. The zero-order chi connectivity index (χ0) is 13.4. The molecule has 0 unspecified atom stereocenters. The Balaban J connectivity index is 2.61. The fourth-order valence-corrected chi connectivity index (χ4v) is 1.55. The van der Waals surface area contributed by atoms with Crippen LogP contribution in [0.3, 0.4) is 0 Å². The molecule has 1 aromatic rings. The maximum Gasteiger partial charge on any atom is 0.335 e. The molecule has 0 aliphatic rings. The van der Waals surface area contributed by atoms with Crippen molar-refractivity contribution in [3.05, 3.63) is 29.8 Å². The average Bonchev–Trinajstić information content (AvgIpc) is 2.38. The molecule has 4 nitrogen and oxygen atoms in total. The lowest BCUT2D eigenvalue weighted by Crippen LogP contribution is -2.29. The quantitative estimate of drug-likeness (QED) is 0.756. The van der Waals surface area contributed by atoms with Crippen LogP contribution in [0.5, 0.6) is 5.75 Å². The maximum absolute atomic E-state index is 11.8. The standard InChI is InChI=1S/C14H20O4/c1-3-9-18-14(16)13(17-4-2)10-11-5-7-12(15)8-6-11/h5-8,13,15H,3-4,9-10H2,1-2H3/t13-/m0/s1. The van der Waals surface area contributed by atoms with Crippen molar-refractivity contribution in [1.29, 1.82) is 0 Å². The summed E-state index contributed by atoms with van der Waals surface area (Å²) in [5.41, 5.74) is 0.930. The van der Waals surface area contributed by atoms with Gasteiger partial charge in [0.05, 0.1) is 6.61 Å². The molecule has 0 heterocycles. The molecule has 0 saturated heterocycles. The summed E-state index contributed by atoms with van der Waals surface area (Å²) >= 11 is 0. The van der Waals surface area contributed by atoms with Crippen LogP contribution in [0.1, 0.15) is 25.8 Å². The smallest absolute Gasteiger partial charge is 0.335 e. The Morgan fingerprint density at radius 3 is 2.50 bits per heavy atom. The van der Waals surface area contributed by atoms with E-state index in [2.05, 4.69) is 0 Å². The van der Waals surface area contributed by atoms with Crippen LogP contribution in [-0.2, 0) is 20.7 Å². The van der Waals surface area contributed by atoms with Crippen molar-refractivity contribution >= 4 is 5.97 Å². The lowest BCUT2D eigenvalue weighted by atomic mass is 10.1. The van der Waals surface area contributed by atoms with E-state index in [9.17, 15) is 9.90 Å².